The van der Waals surface area contributed by atoms with Gasteiger partial charge in [-0.25, -0.2) is 13.1 Å². The van der Waals surface area contributed by atoms with E-state index < -0.39 is 10.0 Å². The molecule has 2 aromatic rings. The van der Waals surface area contributed by atoms with Gasteiger partial charge in [-0.05, 0) is 35.8 Å². The SMILES string of the molecule is O=S(=O)(C=Cc1ccc(Cl)cc1)NCCc1ccccc1. The van der Waals surface area contributed by atoms with Gasteiger partial charge in [0.2, 0.25) is 10.0 Å². The molecule has 0 aromatic heterocycles. The second-order valence-corrected chi connectivity index (χ2v) is 6.62. The van der Waals surface area contributed by atoms with Gasteiger partial charge in [-0.1, -0.05) is 54.1 Å². The fourth-order valence-electron chi connectivity index (χ4n) is 1.77. The average molecular weight is 322 g/mol. The van der Waals surface area contributed by atoms with Crippen molar-refractivity contribution in [3.05, 3.63) is 76.2 Å². The molecule has 0 aliphatic rings. The zero-order valence-corrected chi connectivity index (χ0v) is 12.9. The first-order chi connectivity index (χ1) is 10.1. The molecule has 0 aliphatic carbocycles. The summed E-state index contributed by atoms with van der Waals surface area (Å²) < 4.78 is 26.2. The Morgan fingerprint density at radius 3 is 2.33 bits per heavy atom. The van der Waals surface area contributed by atoms with Crippen LogP contribution < -0.4 is 4.72 Å². The topological polar surface area (TPSA) is 46.2 Å². The monoisotopic (exact) mass is 321 g/mol. The van der Waals surface area contributed by atoms with E-state index in [1.807, 2.05) is 30.3 Å². The number of sulfonamides is 1. The second-order valence-electron chi connectivity index (χ2n) is 4.53. The molecule has 0 bridgehead atoms. The highest BCUT2D eigenvalue weighted by atomic mass is 35.5. The predicted octanol–water partition coefficient (Wildman–Crippen LogP) is 3.47. The van der Waals surface area contributed by atoms with Crippen LogP contribution in [-0.4, -0.2) is 15.0 Å². The Balaban J connectivity index is 1.88. The highest BCUT2D eigenvalue weighted by molar-refractivity contribution is 7.92. The van der Waals surface area contributed by atoms with Gasteiger partial charge in [-0.15, -0.1) is 0 Å². The van der Waals surface area contributed by atoms with Crippen LogP contribution in [0.4, 0.5) is 0 Å². The first kappa shape index (κ1) is 15.8. The van der Waals surface area contributed by atoms with Gasteiger partial charge in [0.1, 0.15) is 0 Å². The van der Waals surface area contributed by atoms with Crippen molar-refractivity contribution in [2.24, 2.45) is 0 Å². The molecule has 2 aromatic carbocycles. The Bertz CT molecular complexity index is 695. The summed E-state index contributed by atoms with van der Waals surface area (Å²) in [5, 5.41) is 1.79. The molecule has 0 unspecified atom stereocenters. The van der Waals surface area contributed by atoms with Crippen molar-refractivity contribution in [3.8, 4) is 0 Å². The van der Waals surface area contributed by atoms with Crippen molar-refractivity contribution >= 4 is 27.7 Å². The normalized spacial score (nSPS) is 11.9. The lowest BCUT2D eigenvalue weighted by Crippen LogP contribution is -2.23. The molecule has 5 heteroatoms. The molecule has 0 amide bonds. The van der Waals surface area contributed by atoms with E-state index in [0.29, 0.717) is 18.0 Å². The summed E-state index contributed by atoms with van der Waals surface area (Å²) in [7, 11) is -3.42. The lowest BCUT2D eigenvalue weighted by atomic mass is 10.2. The number of halogens is 1. The van der Waals surface area contributed by atoms with Crippen molar-refractivity contribution in [2.75, 3.05) is 6.54 Å². The second kappa shape index (κ2) is 7.41. The van der Waals surface area contributed by atoms with Crippen LogP contribution in [0.1, 0.15) is 11.1 Å². The third kappa shape index (κ3) is 5.71. The lowest BCUT2D eigenvalue weighted by Gasteiger charge is -2.03. The highest BCUT2D eigenvalue weighted by Crippen LogP contribution is 2.11. The molecule has 0 spiro atoms. The molecular formula is C16H16ClNO2S. The van der Waals surface area contributed by atoms with Gasteiger partial charge in [-0.3, -0.25) is 0 Å². The van der Waals surface area contributed by atoms with Crippen LogP contribution in [0.25, 0.3) is 6.08 Å². The van der Waals surface area contributed by atoms with Crippen LogP contribution in [0.3, 0.4) is 0 Å². The minimum absolute atomic E-state index is 0.372. The molecular weight excluding hydrogens is 306 g/mol. The minimum atomic E-state index is -3.42. The van der Waals surface area contributed by atoms with Crippen molar-refractivity contribution in [2.45, 2.75) is 6.42 Å². The first-order valence-corrected chi connectivity index (χ1v) is 8.45. The Kier molecular flexibility index (Phi) is 5.56. The van der Waals surface area contributed by atoms with Gasteiger partial charge in [0.05, 0.1) is 0 Å². The van der Waals surface area contributed by atoms with E-state index in [-0.39, 0.29) is 0 Å². The van der Waals surface area contributed by atoms with Gasteiger partial charge in [-0.2, -0.15) is 0 Å². The van der Waals surface area contributed by atoms with Crippen LogP contribution in [-0.2, 0) is 16.4 Å². The van der Waals surface area contributed by atoms with E-state index in [0.717, 1.165) is 11.1 Å². The van der Waals surface area contributed by atoms with Crippen LogP contribution in [0.15, 0.2) is 60.0 Å². The van der Waals surface area contributed by atoms with E-state index in [2.05, 4.69) is 4.72 Å². The molecule has 0 radical (unpaired) electrons. The van der Waals surface area contributed by atoms with Crippen molar-refractivity contribution in [3.63, 3.8) is 0 Å². The molecule has 3 nitrogen and oxygen atoms in total. The number of nitrogens with one attached hydrogen (secondary N) is 1. The van der Waals surface area contributed by atoms with Crippen LogP contribution in [0.2, 0.25) is 5.02 Å². The van der Waals surface area contributed by atoms with E-state index in [9.17, 15) is 8.42 Å². The summed E-state index contributed by atoms with van der Waals surface area (Å²) in [5.41, 5.74) is 1.88. The molecule has 2 rings (SSSR count). The molecule has 1 N–H and O–H groups in total. The third-order valence-electron chi connectivity index (χ3n) is 2.87. The van der Waals surface area contributed by atoms with Crippen molar-refractivity contribution in [1.29, 1.82) is 0 Å². The van der Waals surface area contributed by atoms with Gasteiger partial charge in [0.15, 0.2) is 0 Å². The van der Waals surface area contributed by atoms with Gasteiger partial charge in [0.25, 0.3) is 0 Å². The fraction of sp³-hybridized carbons (Fsp3) is 0.125. The molecule has 0 heterocycles. The number of hydrogen-bond donors (Lipinski definition) is 1. The predicted molar refractivity (Wildman–Crippen MR) is 87.6 cm³/mol. The largest absolute Gasteiger partial charge is 0.233 e. The standard InChI is InChI=1S/C16H16ClNO2S/c17-16-8-6-15(7-9-16)11-13-21(19,20)18-12-10-14-4-2-1-3-5-14/h1-9,11,13,18H,10,12H2. The maximum Gasteiger partial charge on any atom is 0.233 e. The summed E-state index contributed by atoms with van der Waals surface area (Å²) in [6.45, 7) is 0.372. The average Bonchev–Trinajstić information content (AvgIpc) is 2.48. The van der Waals surface area contributed by atoms with E-state index >= 15 is 0 Å². The Labute approximate surface area is 130 Å². The molecule has 21 heavy (non-hydrogen) atoms. The maximum absolute atomic E-state index is 11.8. The summed E-state index contributed by atoms with van der Waals surface area (Å²) in [4.78, 5) is 0. The quantitative estimate of drug-likeness (QED) is 0.885. The molecule has 110 valence electrons. The zero-order chi connectivity index (χ0) is 15.1. The Hall–Kier alpha value is -1.62. The van der Waals surface area contributed by atoms with Crippen molar-refractivity contribution in [1.82, 2.24) is 4.72 Å². The number of rotatable bonds is 6. The van der Waals surface area contributed by atoms with Crippen LogP contribution in [0.5, 0.6) is 0 Å². The van der Waals surface area contributed by atoms with E-state index in [4.69, 9.17) is 11.6 Å². The molecule has 0 aliphatic heterocycles. The summed E-state index contributed by atoms with van der Waals surface area (Å²) in [6.07, 6.45) is 2.20. The number of benzene rings is 2. The van der Waals surface area contributed by atoms with Crippen molar-refractivity contribution < 1.29 is 8.42 Å². The fourth-order valence-corrected chi connectivity index (χ4v) is 2.72. The lowest BCUT2D eigenvalue weighted by molar-refractivity contribution is 0.591. The van der Waals surface area contributed by atoms with Crippen LogP contribution in [0, 0.1) is 0 Å². The van der Waals surface area contributed by atoms with Gasteiger partial charge >= 0.3 is 0 Å². The Morgan fingerprint density at radius 1 is 1.00 bits per heavy atom. The summed E-state index contributed by atoms with van der Waals surface area (Å²) >= 11 is 5.77. The van der Waals surface area contributed by atoms with Crippen LogP contribution >= 0.6 is 11.6 Å². The maximum atomic E-state index is 11.8. The molecule has 0 fully saturated rings. The zero-order valence-electron chi connectivity index (χ0n) is 11.4. The smallest absolute Gasteiger partial charge is 0.211 e. The minimum Gasteiger partial charge on any atom is -0.211 e. The molecule has 0 saturated heterocycles. The van der Waals surface area contributed by atoms with Gasteiger partial charge < -0.3 is 0 Å². The first-order valence-electron chi connectivity index (χ1n) is 6.52. The van der Waals surface area contributed by atoms with E-state index in [1.165, 1.54) is 5.41 Å². The molecule has 0 saturated carbocycles. The number of hydrogen-bond acceptors (Lipinski definition) is 2. The summed E-state index contributed by atoms with van der Waals surface area (Å²) in [5.74, 6) is 0. The molecule has 0 atom stereocenters. The third-order valence-corrected chi connectivity index (χ3v) is 4.22. The summed E-state index contributed by atoms with van der Waals surface area (Å²) in [6, 6.07) is 16.7. The van der Waals surface area contributed by atoms with Gasteiger partial charge in [0, 0.05) is 17.0 Å². The Morgan fingerprint density at radius 2 is 1.67 bits per heavy atom. The van der Waals surface area contributed by atoms with E-state index in [1.54, 1.807) is 30.3 Å². The highest BCUT2D eigenvalue weighted by Gasteiger charge is 2.04.